The molecule has 12 heavy (non-hydrogen) atoms. The van der Waals surface area contributed by atoms with Crippen LogP contribution in [-0.4, -0.2) is 47.0 Å². The molecule has 1 rings (SSSR count). The molecule has 1 heterocycles. The predicted molar refractivity (Wildman–Crippen MR) is 47.9 cm³/mol. The van der Waals surface area contributed by atoms with E-state index in [1.54, 1.807) is 0 Å². The molecule has 3 heteroatoms. The zero-order valence-electron chi connectivity index (χ0n) is 7.90. The highest BCUT2D eigenvalue weighted by atomic mass is 16.3. The maximum atomic E-state index is 9.54. The molecule has 1 aliphatic heterocycles. The molecular formula is C9H19NO2. The molecule has 0 aromatic rings. The number of piperidine rings is 1. The standard InChI is InChI=1S/C9H19NO2/c1-7-6-10(3-4-11)8(2)5-9(7)12/h7-9,11-12H,3-6H2,1-2H3. The molecule has 0 aromatic heterocycles. The molecule has 2 N–H and O–H groups in total. The van der Waals surface area contributed by atoms with E-state index in [4.69, 9.17) is 5.11 Å². The lowest BCUT2D eigenvalue weighted by molar-refractivity contribution is -0.000355. The maximum absolute atomic E-state index is 9.54. The molecule has 1 aliphatic rings. The quantitative estimate of drug-likeness (QED) is 0.621. The smallest absolute Gasteiger partial charge is 0.0592 e. The summed E-state index contributed by atoms with van der Waals surface area (Å²) in [6.45, 7) is 6.01. The predicted octanol–water partition coefficient (Wildman–Crippen LogP) is 0.0699. The Morgan fingerprint density at radius 3 is 2.67 bits per heavy atom. The summed E-state index contributed by atoms with van der Waals surface area (Å²) in [7, 11) is 0. The molecule has 0 bridgehead atoms. The van der Waals surface area contributed by atoms with Gasteiger partial charge in [0.1, 0.15) is 0 Å². The van der Waals surface area contributed by atoms with Crippen molar-refractivity contribution in [1.29, 1.82) is 0 Å². The second kappa shape index (κ2) is 4.21. The lowest BCUT2D eigenvalue weighted by Crippen LogP contribution is -2.48. The maximum Gasteiger partial charge on any atom is 0.0592 e. The van der Waals surface area contributed by atoms with Crippen LogP contribution >= 0.6 is 0 Å². The molecule has 3 unspecified atom stereocenters. The third-order valence-electron chi connectivity index (χ3n) is 2.77. The minimum absolute atomic E-state index is 0.157. The molecular weight excluding hydrogens is 154 g/mol. The Kier molecular flexibility index (Phi) is 3.50. The normalized spacial score (nSPS) is 38.5. The zero-order valence-corrected chi connectivity index (χ0v) is 7.90. The summed E-state index contributed by atoms with van der Waals surface area (Å²) in [4.78, 5) is 2.23. The fourth-order valence-corrected chi connectivity index (χ4v) is 1.84. The Bertz CT molecular complexity index is 140. The second-order valence-electron chi connectivity index (χ2n) is 3.85. The van der Waals surface area contributed by atoms with Gasteiger partial charge in [0.25, 0.3) is 0 Å². The SMILES string of the molecule is CC1CN(CCO)C(C)CC1O. The van der Waals surface area contributed by atoms with Crippen molar-refractivity contribution >= 4 is 0 Å². The Morgan fingerprint density at radius 2 is 2.08 bits per heavy atom. The van der Waals surface area contributed by atoms with Crippen LogP contribution in [0.3, 0.4) is 0 Å². The van der Waals surface area contributed by atoms with Gasteiger partial charge in [0, 0.05) is 19.1 Å². The Hall–Kier alpha value is -0.120. The van der Waals surface area contributed by atoms with E-state index in [1.807, 2.05) is 0 Å². The summed E-state index contributed by atoms with van der Waals surface area (Å²) in [6.07, 6.45) is 0.677. The van der Waals surface area contributed by atoms with Crippen LogP contribution in [0.25, 0.3) is 0 Å². The number of hydrogen-bond acceptors (Lipinski definition) is 3. The van der Waals surface area contributed by atoms with E-state index in [0.717, 1.165) is 19.5 Å². The summed E-state index contributed by atoms with van der Waals surface area (Å²) in [5, 5.41) is 18.3. The van der Waals surface area contributed by atoms with Crippen molar-refractivity contribution in [2.75, 3.05) is 19.7 Å². The third-order valence-corrected chi connectivity index (χ3v) is 2.77. The lowest BCUT2D eigenvalue weighted by Gasteiger charge is -2.39. The molecule has 0 aromatic carbocycles. The van der Waals surface area contributed by atoms with Gasteiger partial charge in [0.15, 0.2) is 0 Å². The van der Waals surface area contributed by atoms with Crippen LogP contribution in [0, 0.1) is 5.92 Å². The highest BCUT2D eigenvalue weighted by molar-refractivity contribution is 4.82. The average Bonchev–Trinajstić information content (AvgIpc) is 2.01. The summed E-state index contributed by atoms with van der Waals surface area (Å²) < 4.78 is 0. The monoisotopic (exact) mass is 173 g/mol. The molecule has 3 nitrogen and oxygen atoms in total. The van der Waals surface area contributed by atoms with Crippen molar-refractivity contribution in [2.45, 2.75) is 32.4 Å². The van der Waals surface area contributed by atoms with Gasteiger partial charge in [0.2, 0.25) is 0 Å². The van der Waals surface area contributed by atoms with Gasteiger partial charge in [-0.05, 0) is 19.3 Å². The number of aliphatic hydroxyl groups is 2. The number of β-amino-alcohol motifs (C(OH)–C–C–N with tert-alkyl or cyclic N) is 1. The fraction of sp³-hybridized carbons (Fsp3) is 1.00. The van der Waals surface area contributed by atoms with Crippen LogP contribution in [0.4, 0.5) is 0 Å². The van der Waals surface area contributed by atoms with Crippen LogP contribution < -0.4 is 0 Å². The molecule has 1 saturated heterocycles. The molecule has 72 valence electrons. The van der Waals surface area contributed by atoms with Crippen molar-refractivity contribution in [2.24, 2.45) is 5.92 Å². The first-order valence-electron chi connectivity index (χ1n) is 4.68. The number of nitrogens with zero attached hydrogens (tertiary/aromatic N) is 1. The van der Waals surface area contributed by atoms with Crippen molar-refractivity contribution in [3.05, 3.63) is 0 Å². The number of likely N-dealkylation sites (tertiary alicyclic amines) is 1. The summed E-state index contributed by atoms with van der Waals surface area (Å²) in [6, 6.07) is 0.406. The summed E-state index contributed by atoms with van der Waals surface area (Å²) >= 11 is 0. The minimum atomic E-state index is -0.157. The first-order valence-corrected chi connectivity index (χ1v) is 4.68. The van der Waals surface area contributed by atoms with Crippen LogP contribution in [0.1, 0.15) is 20.3 Å². The average molecular weight is 173 g/mol. The molecule has 1 fully saturated rings. The molecule has 0 amide bonds. The lowest BCUT2D eigenvalue weighted by atomic mass is 9.92. The number of hydrogen-bond donors (Lipinski definition) is 2. The first-order chi connectivity index (χ1) is 5.65. The molecule has 3 atom stereocenters. The molecule has 0 radical (unpaired) electrons. The van der Waals surface area contributed by atoms with Gasteiger partial charge in [-0.15, -0.1) is 0 Å². The van der Waals surface area contributed by atoms with Gasteiger partial charge < -0.3 is 10.2 Å². The van der Waals surface area contributed by atoms with E-state index in [0.29, 0.717) is 12.0 Å². The van der Waals surface area contributed by atoms with Crippen LogP contribution in [0.15, 0.2) is 0 Å². The topological polar surface area (TPSA) is 43.7 Å². The highest BCUT2D eigenvalue weighted by Crippen LogP contribution is 2.21. The minimum Gasteiger partial charge on any atom is -0.395 e. The second-order valence-corrected chi connectivity index (χ2v) is 3.85. The number of rotatable bonds is 2. The van der Waals surface area contributed by atoms with Crippen LogP contribution in [0.2, 0.25) is 0 Å². The Labute approximate surface area is 74.0 Å². The van der Waals surface area contributed by atoms with Gasteiger partial charge in [-0.1, -0.05) is 6.92 Å². The van der Waals surface area contributed by atoms with E-state index in [1.165, 1.54) is 0 Å². The summed E-state index contributed by atoms with van der Waals surface area (Å²) in [5.74, 6) is 0.341. The van der Waals surface area contributed by atoms with Gasteiger partial charge in [0.05, 0.1) is 12.7 Å². The highest BCUT2D eigenvalue weighted by Gasteiger charge is 2.28. The Morgan fingerprint density at radius 1 is 1.42 bits per heavy atom. The first kappa shape index (κ1) is 9.96. The Balaban J connectivity index is 2.43. The van der Waals surface area contributed by atoms with Gasteiger partial charge in [-0.2, -0.15) is 0 Å². The van der Waals surface area contributed by atoms with E-state index < -0.39 is 0 Å². The van der Waals surface area contributed by atoms with Crippen LogP contribution in [-0.2, 0) is 0 Å². The van der Waals surface area contributed by atoms with Gasteiger partial charge in [-0.3, -0.25) is 4.90 Å². The fourth-order valence-electron chi connectivity index (χ4n) is 1.84. The number of aliphatic hydroxyl groups excluding tert-OH is 2. The van der Waals surface area contributed by atoms with E-state index in [2.05, 4.69) is 18.7 Å². The van der Waals surface area contributed by atoms with Crippen molar-refractivity contribution in [3.63, 3.8) is 0 Å². The molecule has 0 aliphatic carbocycles. The third kappa shape index (κ3) is 2.19. The van der Waals surface area contributed by atoms with Gasteiger partial charge in [-0.25, -0.2) is 0 Å². The van der Waals surface area contributed by atoms with Crippen LogP contribution in [0.5, 0.6) is 0 Å². The summed E-state index contributed by atoms with van der Waals surface area (Å²) in [5.41, 5.74) is 0. The van der Waals surface area contributed by atoms with E-state index in [9.17, 15) is 5.11 Å². The van der Waals surface area contributed by atoms with Crippen molar-refractivity contribution < 1.29 is 10.2 Å². The zero-order chi connectivity index (χ0) is 9.14. The molecule has 0 spiro atoms. The van der Waals surface area contributed by atoms with E-state index in [-0.39, 0.29) is 12.7 Å². The van der Waals surface area contributed by atoms with Gasteiger partial charge >= 0.3 is 0 Å². The van der Waals surface area contributed by atoms with Crippen molar-refractivity contribution in [3.8, 4) is 0 Å². The van der Waals surface area contributed by atoms with Crippen molar-refractivity contribution in [1.82, 2.24) is 4.90 Å². The molecule has 0 saturated carbocycles. The largest absolute Gasteiger partial charge is 0.395 e. The van der Waals surface area contributed by atoms with E-state index >= 15 is 0 Å².